The molecule has 2 aliphatic rings. The summed E-state index contributed by atoms with van der Waals surface area (Å²) in [5.41, 5.74) is 0.844. The lowest BCUT2D eigenvalue weighted by atomic mass is 10.1. The van der Waals surface area contributed by atoms with Crippen LogP contribution >= 0.6 is 11.6 Å². The van der Waals surface area contributed by atoms with E-state index in [-0.39, 0.29) is 6.42 Å². The molecule has 2 nitrogen and oxygen atoms in total. The van der Waals surface area contributed by atoms with Gasteiger partial charge in [0.05, 0.1) is 6.42 Å². The van der Waals surface area contributed by atoms with Gasteiger partial charge in [0, 0.05) is 10.2 Å². The molecular formula is C18H13ClO2. The van der Waals surface area contributed by atoms with Crippen LogP contribution < -0.4 is 0 Å². The molecule has 0 radical (unpaired) electrons. The lowest BCUT2D eigenvalue weighted by Crippen LogP contribution is -1.99. The van der Waals surface area contributed by atoms with E-state index in [0.717, 1.165) is 21.4 Å². The third kappa shape index (κ3) is 2.91. The van der Waals surface area contributed by atoms with E-state index in [2.05, 4.69) is 6.07 Å². The summed E-state index contributed by atoms with van der Waals surface area (Å²) in [6.45, 7) is 0. The van der Waals surface area contributed by atoms with Gasteiger partial charge in [-0.1, -0.05) is 66.2 Å². The fraction of sp³-hybridized carbons (Fsp3) is 0.0556. The number of carbonyl (C=O) groups is 1. The number of carboxylic acids is 1. The largest absolute Gasteiger partial charge is 0.481 e. The highest BCUT2D eigenvalue weighted by atomic mass is 35.5. The van der Waals surface area contributed by atoms with Crippen molar-refractivity contribution in [3.8, 4) is 0 Å². The third-order valence-electron chi connectivity index (χ3n) is 3.45. The van der Waals surface area contributed by atoms with Crippen molar-refractivity contribution in [2.75, 3.05) is 0 Å². The second-order valence-corrected chi connectivity index (χ2v) is 5.35. The predicted molar refractivity (Wildman–Crippen MR) is 84.4 cm³/mol. The van der Waals surface area contributed by atoms with Gasteiger partial charge in [-0.05, 0) is 27.6 Å². The van der Waals surface area contributed by atoms with Crippen LogP contribution in [-0.4, -0.2) is 11.1 Å². The van der Waals surface area contributed by atoms with Crippen molar-refractivity contribution in [2.24, 2.45) is 0 Å². The zero-order valence-corrected chi connectivity index (χ0v) is 12.0. The second kappa shape index (κ2) is 5.58. The summed E-state index contributed by atoms with van der Waals surface area (Å²) < 4.78 is 0. The smallest absolute Gasteiger partial charge is 0.307 e. The Morgan fingerprint density at radius 1 is 0.952 bits per heavy atom. The first-order valence-electron chi connectivity index (χ1n) is 6.63. The monoisotopic (exact) mass is 296 g/mol. The molecule has 2 aromatic carbocycles. The van der Waals surface area contributed by atoms with E-state index < -0.39 is 5.97 Å². The first-order chi connectivity index (χ1) is 10.1. The van der Waals surface area contributed by atoms with E-state index in [4.69, 9.17) is 16.7 Å². The van der Waals surface area contributed by atoms with E-state index in [1.54, 1.807) is 0 Å². The number of benzene rings is 3. The van der Waals surface area contributed by atoms with Gasteiger partial charge in [-0.15, -0.1) is 0 Å². The van der Waals surface area contributed by atoms with Gasteiger partial charge >= 0.3 is 5.97 Å². The normalized spacial score (nSPS) is 10.7. The number of hydrogen-bond donors (Lipinski definition) is 1. The zero-order chi connectivity index (χ0) is 14.8. The predicted octanol–water partition coefficient (Wildman–Crippen LogP) is 4.41. The molecule has 104 valence electrons. The molecule has 0 saturated carbocycles. The van der Waals surface area contributed by atoms with E-state index in [9.17, 15) is 4.79 Å². The Labute approximate surface area is 126 Å². The van der Waals surface area contributed by atoms with Gasteiger partial charge in [-0.3, -0.25) is 4.79 Å². The number of fused-ring (bicyclic) bond motifs is 1. The van der Waals surface area contributed by atoms with Crippen molar-refractivity contribution in [2.45, 2.75) is 6.42 Å². The van der Waals surface area contributed by atoms with Gasteiger partial charge in [0.1, 0.15) is 0 Å². The van der Waals surface area contributed by atoms with E-state index >= 15 is 0 Å². The van der Waals surface area contributed by atoms with Gasteiger partial charge in [-0.2, -0.15) is 0 Å². The Morgan fingerprint density at radius 2 is 1.71 bits per heavy atom. The molecule has 1 N–H and O–H groups in total. The minimum atomic E-state index is -0.791. The summed E-state index contributed by atoms with van der Waals surface area (Å²) in [7, 11) is 0. The first-order valence-corrected chi connectivity index (χ1v) is 7.01. The third-order valence-corrected chi connectivity index (χ3v) is 3.76. The fourth-order valence-corrected chi connectivity index (χ4v) is 2.56. The van der Waals surface area contributed by atoms with Gasteiger partial charge < -0.3 is 5.11 Å². The van der Waals surface area contributed by atoms with Gasteiger partial charge in [0.15, 0.2) is 0 Å². The van der Waals surface area contributed by atoms with Crippen LogP contribution in [0.3, 0.4) is 0 Å². The lowest BCUT2D eigenvalue weighted by molar-refractivity contribution is -0.136. The van der Waals surface area contributed by atoms with E-state index in [1.807, 2.05) is 54.6 Å². The highest BCUT2D eigenvalue weighted by Crippen LogP contribution is 2.20. The number of carboxylic acid groups (broad SMARTS) is 1. The Morgan fingerprint density at radius 3 is 2.19 bits per heavy atom. The van der Waals surface area contributed by atoms with Crippen LogP contribution in [0.15, 0.2) is 60.7 Å². The summed E-state index contributed by atoms with van der Waals surface area (Å²) in [6.07, 6.45) is 0.0881. The van der Waals surface area contributed by atoms with Crippen LogP contribution in [-0.2, 0) is 11.2 Å². The Balaban J connectivity index is 0.000000156. The molecule has 21 heavy (non-hydrogen) atoms. The van der Waals surface area contributed by atoms with Crippen molar-refractivity contribution >= 4 is 28.3 Å². The molecule has 0 spiro atoms. The van der Waals surface area contributed by atoms with Crippen LogP contribution in [0.1, 0.15) is 5.56 Å². The standard InChI is InChI=1S/C12H10O2.C6H3Cl/c13-12(14)8-9-5-6-10-3-1-2-4-11(10)7-9;7-6-3-4-1-2-5(4)6/h1-7H,8H2,(H,13,14);1-3H. The molecule has 0 fully saturated rings. The first kappa shape index (κ1) is 13.7. The molecule has 0 atom stereocenters. The molecule has 3 heteroatoms. The molecular weight excluding hydrogens is 284 g/mol. The Kier molecular flexibility index (Phi) is 3.63. The van der Waals surface area contributed by atoms with Crippen molar-refractivity contribution in [1.82, 2.24) is 0 Å². The van der Waals surface area contributed by atoms with Crippen molar-refractivity contribution in [1.29, 1.82) is 0 Å². The summed E-state index contributed by atoms with van der Waals surface area (Å²) >= 11 is 5.60. The van der Waals surface area contributed by atoms with Crippen molar-refractivity contribution in [3.63, 3.8) is 0 Å². The van der Waals surface area contributed by atoms with Gasteiger partial charge in [0.25, 0.3) is 0 Å². The maximum atomic E-state index is 10.5. The maximum absolute atomic E-state index is 10.5. The van der Waals surface area contributed by atoms with E-state index in [0.29, 0.717) is 0 Å². The minimum absolute atomic E-state index is 0.0881. The van der Waals surface area contributed by atoms with Gasteiger partial charge in [0.2, 0.25) is 0 Å². The molecule has 2 aromatic rings. The number of hydrogen-bond acceptors (Lipinski definition) is 1. The van der Waals surface area contributed by atoms with E-state index in [1.165, 1.54) is 10.4 Å². The minimum Gasteiger partial charge on any atom is -0.481 e. The fourth-order valence-electron chi connectivity index (χ4n) is 2.27. The topological polar surface area (TPSA) is 37.3 Å². The average Bonchev–Trinajstić information content (AvgIpc) is 2.44. The van der Waals surface area contributed by atoms with Crippen LogP contribution in [0.25, 0.3) is 10.8 Å². The highest BCUT2D eigenvalue weighted by molar-refractivity contribution is 6.31. The second-order valence-electron chi connectivity index (χ2n) is 4.95. The number of halogens is 1. The quantitative estimate of drug-likeness (QED) is 0.595. The Hall–Kier alpha value is -2.32. The summed E-state index contributed by atoms with van der Waals surface area (Å²) in [4.78, 5) is 10.5. The van der Waals surface area contributed by atoms with Crippen molar-refractivity contribution < 1.29 is 9.90 Å². The summed E-state index contributed by atoms with van der Waals surface area (Å²) in [5.74, 6) is -0.791. The molecule has 0 aliphatic heterocycles. The molecule has 0 unspecified atom stereocenters. The Bertz CT molecular complexity index is 916. The average molecular weight is 297 g/mol. The van der Waals surface area contributed by atoms with Crippen LogP contribution in [0, 0.1) is 10.4 Å². The zero-order valence-electron chi connectivity index (χ0n) is 11.2. The highest BCUT2D eigenvalue weighted by Gasteiger charge is 2.01. The molecule has 0 amide bonds. The molecule has 0 heterocycles. The van der Waals surface area contributed by atoms with Crippen LogP contribution in [0.5, 0.6) is 0 Å². The van der Waals surface area contributed by atoms with Crippen LogP contribution in [0.2, 0.25) is 5.02 Å². The SMILES string of the molecule is Clc1cc2ccc1=2.O=C(O)Cc1ccc2ccccc2c1. The summed E-state index contributed by atoms with van der Waals surface area (Å²) in [6, 6.07) is 19.7. The molecule has 0 bridgehead atoms. The lowest BCUT2D eigenvalue weighted by Gasteiger charge is -2.01. The molecule has 0 aromatic heterocycles. The number of rotatable bonds is 2. The maximum Gasteiger partial charge on any atom is 0.307 e. The van der Waals surface area contributed by atoms with Crippen LogP contribution in [0.4, 0.5) is 0 Å². The molecule has 0 saturated heterocycles. The molecule has 2 aliphatic carbocycles. The van der Waals surface area contributed by atoms with Gasteiger partial charge in [-0.25, -0.2) is 0 Å². The summed E-state index contributed by atoms with van der Waals surface area (Å²) in [5, 5.41) is 14.3. The number of aliphatic carboxylic acids is 1. The van der Waals surface area contributed by atoms with Crippen molar-refractivity contribution in [3.05, 3.63) is 81.7 Å². The molecule has 4 rings (SSSR count).